The maximum absolute atomic E-state index is 14.0. The van der Waals surface area contributed by atoms with E-state index in [2.05, 4.69) is 10.4 Å². The second-order valence-electron chi connectivity index (χ2n) is 5.35. The minimum atomic E-state index is -0.763. The molecule has 3 rings (SSSR count). The number of aryl methyl sites for hydroxylation is 1. The zero-order valence-corrected chi connectivity index (χ0v) is 13.3. The average molecular weight is 345 g/mol. The minimum Gasteiger partial charge on any atom is -0.305 e. The Bertz CT molecular complexity index is 937. The second kappa shape index (κ2) is 6.80. The lowest BCUT2D eigenvalue weighted by Crippen LogP contribution is -2.13. The number of nitrogens with one attached hydrogen (secondary N) is 1. The van der Waals surface area contributed by atoms with Gasteiger partial charge in [0.1, 0.15) is 17.3 Å². The molecule has 0 spiro atoms. The van der Waals surface area contributed by atoms with Crippen LogP contribution in [0.4, 0.5) is 19.0 Å². The van der Waals surface area contributed by atoms with Crippen LogP contribution in [0, 0.1) is 17.5 Å². The van der Waals surface area contributed by atoms with Gasteiger partial charge in [0.25, 0.3) is 5.91 Å². The third-order valence-corrected chi connectivity index (χ3v) is 3.61. The standard InChI is InChI=1S/C18H14F3N3O/c1-2-14-10-17(22-18(25)11-4-3-5-12(19)8-11)23-24(14)16-7-6-13(20)9-15(16)21/h3-10H,2H2,1H3,(H,22,23,25). The van der Waals surface area contributed by atoms with Crippen LogP contribution in [-0.2, 0) is 6.42 Å². The third kappa shape index (κ3) is 3.55. The van der Waals surface area contributed by atoms with E-state index in [-0.39, 0.29) is 17.1 Å². The van der Waals surface area contributed by atoms with Gasteiger partial charge >= 0.3 is 0 Å². The van der Waals surface area contributed by atoms with Crippen LogP contribution in [0.15, 0.2) is 48.5 Å². The molecule has 0 aliphatic heterocycles. The highest BCUT2D eigenvalue weighted by Gasteiger charge is 2.15. The Balaban J connectivity index is 1.91. The number of benzene rings is 2. The molecule has 1 heterocycles. The van der Waals surface area contributed by atoms with E-state index in [4.69, 9.17) is 0 Å². The lowest BCUT2D eigenvalue weighted by Gasteiger charge is -2.07. The number of aromatic nitrogens is 2. The van der Waals surface area contributed by atoms with Crippen molar-refractivity contribution in [2.75, 3.05) is 5.32 Å². The van der Waals surface area contributed by atoms with Gasteiger partial charge in [0.15, 0.2) is 11.6 Å². The summed E-state index contributed by atoms with van der Waals surface area (Å²) in [6.45, 7) is 1.84. The first-order valence-electron chi connectivity index (χ1n) is 7.59. The van der Waals surface area contributed by atoms with Crippen molar-refractivity contribution in [3.05, 3.63) is 77.2 Å². The number of carbonyl (C=O) groups excluding carboxylic acids is 1. The van der Waals surface area contributed by atoms with Gasteiger partial charge in [0.05, 0.1) is 0 Å². The fourth-order valence-electron chi connectivity index (χ4n) is 2.41. The molecule has 4 nitrogen and oxygen atoms in total. The Kier molecular flexibility index (Phi) is 4.56. The van der Waals surface area contributed by atoms with Crippen LogP contribution in [0.1, 0.15) is 23.0 Å². The summed E-state index contributed by atoms with van der Waals surface area (Å²) in [5, 5.41) is 6.71. The number of rotatable bonds is 4. The molecule has 0 aliphatic rings. The van der Waals surface area contributed by atoms with Crippen molar-refractivity contribution in [3.63, 3.8) is 0 Å². The van der Waals surface area contributed by atoms with E-state index in [9.17, 15) is 18.0 Å². The third-order valence-electron chi connectivity index (χ3n) is 3.61. The van der Waals surface area contributed by atoms with Gasteiger partial charge in [-0.15, -0.1) is 5.10 Å². The van der Waals surface area contributed by atoms with E-state index in [1.165, 1.54) is 28.9 Å². The van der Waals surface area contributed by atoms with Crippen LogP contribution < -0.4 is 5.32 Å². The molecule has 0 atom stereocenters. The van der Waals surface area contributed by atoms with Crippen molar-refractivity contribution in [1.82, 2.24) is 9.78 Å². The second-order valence-corrected chi connectivity index (χ2v) is 5.35. The smallest absolute Gasteiger partial charge is 0.256 e. The molecule has 0 bridgehead atoms. The quantitative estimate of drug-likeness (QED) is 0.774. The number of amides is 1. The molecule has 0 saturated heterocycles. The molecular weight excluding hydrogens is 331 g/mol. The van der Waals surface area contributed by atoms with Gasteiger partial charge in [0.2, 0.25) is 0 Å². The van der Waals surface area contributed by atoms with Crippen molar-refractivity contribution in [3.8, 4) is 5.69 Å². The van der Waals surface area contributed by atoms with E-state index in [0.29, 0.717) is 12.1 Å². The summed E-state index contributed by atoms with van der Waals surface area (Å²) in [7, 11) is 0. The summed E-state index contributed by atoms with van der Waals surface area (Å²) in [5.74, 6) is -2.33. The SMILES string of the molecule is CCc1cc(NC(=O)c2cccc(F)c2)nn1-c1ccc(F)cc1F. The summed E-state index contributed by atoms with van der Waals surface area (Å²) in [6, 6.07) is 9.98. The molecule has 7 heteroatoms. The van der Waals surface area contributed by atoms with Crippen molar-refractivity contribution in [2.24, 2.45) is 0 Å². The lowest BCUT2D eigenvalue weighted by molar-refractivity contribution is 0.102. The van der Waals surface area contributed by atoms with E-state index in [1.807, 2.05) is 6.92 Å². The molecule has 1 amide bonds. The van der Waals surface area contributed by atoms with E-state index in [0.717, 1.165) is 18.2 Å². The fourth-order valence-corrected chi connectivity index (χ4v) is 2.41. The molecule has 25 heavy (non-hydrogen) atoms. The van der Waals surface area contributed by atoms with E-state index >= 15 is 0 Å². The van der Waals surface area contributed by atoms with Gasteiger partial charge in [0, 0.05) is 23.4 Å². The monoisotopic (exact) mass is 345 g/mol. The molecule has 0 aliphatic carbocycles. The number of carbonyl (C=O) groups is 1. The number of hydrogen-bond donors (Lipinski definition) is 1. The number of hydrogen-bond acceptors (Lipinski definition) is 2. The van der Waals surface area contributed by atoms with Gasteiger partial charge in [-0.05, 0) is 36.8 Å². The first-order chi connectivity index (χ1) is 12.0. The first kappa shape index (κ1) is 16.8. The minimum absolute atomic E-state index is 0.0736. The summed E-state index contributed by atoms with van der Waals surface area (Å²) >= 11 is 0. The number of halogens is 3. The molecule has 2 aromatic carbocycles. The zero-order valence-electron chi connectivity index (χ0n) is 13.3. The Morgan fingerprint density at radius 2 is 1.84 bits per heavy atom. The molecule has 0 radical (unpaired) electrons. The summed E-state index contributed by atoms with van der Waals surface area (Å²) in [5.41, 5.74) is 0.838. The number of nitrogens with zero attached hydrogens (tertiary/aromatic N) is 2. The van der Waals surface area contributed by atoms with Crippen LogP contribution in [0.5, 0.6) is 0 Å². The maximum atomic E-state index is 14.0. The Labute approximate surface area is 141 Å². The van der Waals surface area contributed by atoms with Crippen molar-refractivity contribution in [1.29, 1.82) is 0 Å². The highest BCUT2D eigenvalue weighted by Crippen LogP contribution is 2.20. The molecule has 0 saturated carbocycles. The Hall–Kier alpha value is -3.09. The van der Waals surface area contributed by atoms with Crippen LogP contribution >= 0.6 is 0 Å². The van der Waals surface area contributed by atoms with Crippen molar-refractivity contribution < 1.29 is 18.0 Å². The van der Waals surface area contributed by atoms with Crippen LogP contribution in [-0.4, -0.2) is 15.7 Å². The van der Waals surface area contributed by atoms with Gasteiger partial charge in [-0.2, -0.15) is 0 Å². The van der Waals surface area contributed by atoms with Gasteiger partial charge in [-0.3, -0.25) is 4.79 Å². The Morgan fingerprint density at radius 1 is 1.08 bits per heavy atom. The largest absolute Gasteiger partial charge is 0.305 e. The fraction of sp³-hybridized carbons (Fsp3) is 0.111. The molecule has 1 aromatic heterocycles. The van der Waals surface area contributed by atoms with E-state index in [1.54, 1.807) is 6.07 Å². The summed E-state index contributed by atoms with van der Waals surface area (Å²) < 4.78 is 41.6. The molecule has 0 fully saturated rings. The van der Waals surface area contributed by atoms with Crippen molar-refractivity contribution >= 4 is 11.7 Å². The van der Waals surface area contributed by atoms with Crippen LogP contribution in [0.2, 0.25) is 0 Å². The molecule has 0 unspecified atom stereocenters. The van der Waals surface area contributed by atoms with Crippen molar-refractivity contribution in [2.45, 2.75) is 13.3 Å². The zero-order chi connectivity index (χ0) is 18.0. The first-order valence-corrected chi connectivity index (χ1v) is 7.59. The highest BCUT2D eigenvalue weighted by molar-refractivity contribution is 6.03. The van der Waals surface area contributed by atoms with Gasteiger partial charge in [-0.1, -0.05) is 13.0 Å². The number of anilines is 1. The highest BCUT2D eigenvalue weighted by atomic mass is 19.1. The van der Waals surface area contributed by atoms with Gasteiger partial charge in [-0.25, -0.2) is 17.9 Å². The van der Waals surface area contributed by atoms with Gasteiger partial charge < -0.3 is 5.32 Å². The average Bonchev–Trinajstić information content (AvgIpc) is 2.97. The molecule has 128 valence electrons. The molecular formula is C18H14F3N3O. The van der Waals surface area contributed by atoms with E-state index < -0.39 is 23.4 Å². The predicted molar refractivity (Wildman–Crippen MR) is 87.2 cm³/mol. The lowest BCUT2D eigenvalue weighted by atomic mass is 10.2. The Morgan fingerprint density at radius 3 is 2.52 bits per heavy atom. The van der Waals surface area contributed by atoms with Crippen LogP contribution in [0.25, 0.3) is 5.69 Å². The normalized spacial score (nSPS) is 10.7. The predicted octanol–water partition coefficient (Wildman–Crippen LogP) is 4.10. The topological polar surface area (TPSA) is 46.9 Å². The molecule has 1 N–H and O–H groups in total. The summed E-state index contributed by atoms with van der Waals surface area (Å²) in [4.78, 5) is 12.2. The molecule has 3 aromatic rings. The maximum Gasteiger partial charge on any atom is 0.256 e. The summed E-state index contributed by atoms with van der Waals surface area (Å²) in [6.07, 6.45) is 0.514. The van der Waals surface area contributed by atoms with Crippen LogP contribution in [0.3, 0.4) is 0 Å².